The summed E-state index contributed by atoms with van der Waals surface area (Å²) in [5, 5.41) is 3.42. The first kappa shape index (κ1) is 12.6. The fraction of sp³-hybridized carbons (Fsp3) is 0.571. The summed E-state index contributed by atoms with van der Waals surface area (Å²) in [6.45, 7) is 4.65. The summed E-state index contributed by atoms with van der Waals surface area (Å²) in [6, 6.07) is 10.2. The molecule has 1 aromatic rings. The van der Waals surface area contributed by atoms with Crippen LogP contribution in [-0.4, -0.2) is 25.8 Å². The maximum atomic E-state index is 6.32. The van der Waals surface area contributed by atoms with E-state index in [-0.39, 0.29) is 5.54 Å². The lowest BCUT2D eigenvalue weighted by molar-refractivity contribution is 0.109. The van der Waals surface area contributed by atoms with Crippen LogP contribution in [-0.2, 0) is 10.3 Å². The third-order valence-corrected chi connectivity index (χ3v) is 3.32. The number of nitrogens with one attached hydrogen (secondary N) is 1. The van der Waals surface area contributed by atoms with Crippen molar-refractivity contribution in [2.24, 2.45) is 5.73 Å². The Balaban J connectivity index is 1.80. The molecule has 0 radical (unpaired) electrons. The van der Waals surface area contributed by atoms with Crippen LogP contribution in [0.5, 0.6) is 0 Å². The number of nitrogens with two attached hydrogens (primary N) is 1. The van der Waals surface area contributed by atoms with E-state index in [1.807, 2.05) is 18.2 Å². The molecule has 0 aromatic heterocycles. The average molecular weight is 234 g/mol. The molecule has 3 N–H and O–H groups in total. The summed E-state index contributed by atoms with van der Waals surface area (Å²) < 4.78 is 5.57. The van der Waals surface area contributed by atoms with Gasteiger partial charge in [0.05, 0.1) is 11.6 Å². The van der Waals surface area contributed by atoms with Gasteiger partial charge in [0, 0.05) is 19.7 Å². The topological polar surface area (TPSA) is 47.3 Å². The Morgan fingerprint density at radius 3 is 2.82 bits per heavy atom. The van der Waals surface area contributed by atoms with Crippen LogP contribution >= 0.6 is 0 Å². The van der Waals surface area contributed by atoms with Crippen LogP contribution in [0.15, 0.2) is 30.3 Å². The van der Waals surface area contributed by atoms with E-state index in [4.69, 9.17) is 10.5 Å². The molecule has 94 valence electrons. The number of hydrogen-bond acceptors (Lipinski definition) is 3. The summed E-state index contributed by atoms with van der Waals surface area (Å²) in [5.74, 6) is 0. The zero-order valence-electron chi connectivity index (χ0n) is 10.5. The standard InChI is InChI=1S/C14H22N2O/c1-14(15,12-6-3-2-4-7-12)11-16-10-13-8-5-9-17-13/h2-4,6-7,13,16H,5,8-11,15H2,1H3. The number of ether oxygens (including phenoxy) is 1. The van der Waals surface area contributed by atoms with Gasteiger partial charge in [-0.15, -0.1) is 0 Å². The molecular formula is C14H22N2O. The zero-order valence-corrected chi connectivity index (χ0v) is 10.5. The summed E-state index contributed by atoms with van der Waals surface area (Å²) in [4.78, 5) is 0. The molecule has 0 spiro atoms. The Labute approximate surface area is 103 Å². The predicted molar refractivity (Wildman–Crippen MR) is 69.8 cm³/mol. The Morgan fingerprint density at radius 1 is 1.41 bits per heavy atom. The highest BCUT2D eigenvalue weighted by molar-refractivity contribution is 5.23. The van der Waals surface area contributed by atoms with Crippen molar-refractivity contribution in [3.63, 3.8) is 0 Å². The van der Waals surface area contributed by atoms with Crippen molar-refractivity contribution >= 4 is 0 Å². The number of hydrogen-bond donors (Lipinski definition) is 2. The molecule has 2 rings (SSSR count). The molecule has 0 amide bonds. The van der Waals surface area contributed by atoms with Crippen molar-refractivity contribution in [3.05, 3.63) is 35.9 Å². The molecule has 17 heavy (non-hydrogen) atoms. The van der Waals surface area contributed by atoms with Crippen LogP contribution in [0.2, 0.25) is 0 Å². The molecule has 1 aliphatic rings. The largest absolute Gasteiger partial charge is 0.377 e. The van der Waals surface area contributed by atoms with Gasteiger partial charge in [-0.05, 0) is 25.3 Å². The highest BCUT2D eigenvalue weighted by Gasteiger charge is 2.21. The third kappa shape index (κ3) is 3.53. The smallest absolute Gasteiger partial charge is 0.0700 e. The molecule has 1 aromatic carbocycles. The lowest BCUT2D eigenvalue weighted by atomic mass is 9.93. The molecule has 2 atom stereocenters. The second-order valence-electron chi connectivity index (χ2n) is 5.05. The molecular weight excluding hydrogens is 212 g/mol. The normalized spacial score (nSPS) is 23.5. The fourth-order valence-electron chi connectivity index (χ4n) is 2.22. The molecule has 0 bridgehead atoms. The lowest BCUT2D eigenvalue weighted by Gasteiger charge is -2.26. The molecule has 2 unspecified atom stereocenters. The first-order chi connectivity index (χ1) is 8.18. The van der Waals surface area contributed by atoms with E-state index in [1.54, 1.807) is 0 Å². The van der Waals surface area contributed by atoms with Gasteiger partial charge in [-0.1, -0.05) is 30.3 Å². The summed E-state index contributed by atoms with van der Waals surface area (Å²) in [5.41, 5.74) is 7.17. The minimum absolute atomic E-state index is 0.320. The van der Waals surface area contributed by atoms with Crippen LogP contribution in [0.1, 0.15) is 25.3 Å². The minimum Gasteiger partial charge on any atom is -0.377 e. The van der Waals surface area contributed by atoms with Crippen molar-refractivity contribution in [1.82, 2.24) is 5.32 Å². The first-order valence-electron chi connectivity index (χ1n) is 6.35. The Morgan fingerprint density at radius 2 is 2.18 bits per heavy atom. The number of rotatable bonds is 5. The molecule has 0 saturated carbocycles. The van der Waals surface area contributed by atoms with Gasteiger partial charge in [0.1, 0.15) is 0 Å². The molecule has 3 nitrogen and oxygen atoms in total. The van der Waals surface area contributed by atoms with E-state index in [2.05, 4.69) is 24.4 Å². The molecule has 0 aliphatic carbocycles. The van der Waals surface area contributed by atoms with E-state index in [9.17, 15) is 0 Å². The second kappa shape index (κ2) is 5.63. The average Bonchev–Trinajstić information content (AvgIpc) is 2.83. The molecule has 1 heterocycles. The van der Waals surface area contributed by atoms with E-state index in [0.717, 1.165) is 19.7 Å². The Kier molecular flexibility index (Phi) is 4.15. The zero-order chi connectivity index (χ0) is 12.1. The van der Waals surface area contributed by atoms with Gasteiger partial charge in [0.15, 0.2) is 0 Å². The van der Waals surface area contributed by atoms with Crippen LogP contribution in [0.4, 0.5) is 0 Å². The molecule has 3 heteroatoms. The monoisotopic (exact) mass is 234 g/mol. The maximum absolute atomic E-state index is 6.32. The van der Waals surface area contributed by atoms with Gasteiger partial charge in [-0.25, -0.2) is 0 Å². The summed E-state index contributed by atoms with van der Waals surface area (Å²) in [7, 11) is 0. The molecule has 1 saturated heterocycles. The summed E-state index contributed by atoms with van der Waals surface area (Å²) >= 11 is 0. The van der Waals surface area contributed by atoms with Crippen molar-refractivity contribution in [1.29, 1.82) is 0 Å². The van der Waals surface area contributed by atoms with Crippen LogP contribution < -0.4 is 11.1 Å². The van der Waals surface area contributed by atoms with Crippen molar-refractivity contribution in [2.75, 3.05) is 19.7 Å². The first-order valence-corrected chi connectivity index (χ1v) is 6.35. The minimum atomic E-state index is -0.320. The Hall–Kier alpha value is -0.900. The maximum Gasteiger partial charge on any atom is 0.0700 e. The van der Waals surface area contributed by atoms with Gasteiger partial charge in [-0.3, -0.25) is 0 Å². The van der Waals surface area contributed by atoms with Gasteiger partial charge in [0.25, 0.3) is 0 Å². The predicted octanol–water partition coefficient (Wildman–Crippen LogP) is 1.63. The van der Waals surface area contributed by atoms with Gasteiger partial charge in [0.2, 0.25) is 0 Å². The van der Waals surface area contributed by atoms with E-state index < -0.39 is 0 Å². The Bertz CT molecular complexity index is 331. The fourth-order valence-corrected chi connectivity index (χ4v) is 2.22. The van der Waals surface area contributed by atoms with E-state index in [1.165, 1.54) is 18.4 Å². The molecule has 1 aliphatic heterocycles. The van der Waals surface area contributed by atoms with Crippen LogP contribution in [0.25, 0.3) is 0 Å². The second-order valence-corrected chi connectivity index (χ2v) is 5.05. The molecule has 1 fully saturated rings. The lowest BCUT2D eigenvalue weighted by Crippen LogP contribution is -2.45. The van der Waals surface area contributed by atoms with Gasteiger partial charge in [-0.2, -0.15) is 0 Å². The third-order valence-electron chi connectivity index (χ3n) is 3.32. The highest BCUT2D eigenvalue weighted by atomic mass is 16.5. The van der Waals surface area contributed by atoms with Crippen molar-refractivity contribution < 1.29 is 4.74 Å². The van der Waals surface area contributed by atoms with Crippen molar-refractivity contribution in [3.8, 4) is 0 Å². The van der Waals surface area contributed by atoms with E-state index >= 15 is 0 Å². The summed E-state index contributed by atoms with van der Waals surface area (Å²) in [6.07, 6.45) is 2.73. The number of benzene rings is 1. The van der Waals surface area contributed by atoms with Gasteiger partial charge < -0.3 is 15.8 Å². The van der Waals surface area contributed by atoms with E-state index in [0.29, 0.717) is 6.10 Å². The highest BCUT2D eigenvalue weighted by Crippen LogP contribution is 2.16. The van der Waals surface area contributed by atoms with Crippen LogP contribution in [0.3, 0.4) is 0 Å². The van der Waals surface area contributed by atoms with Gasteiger partial charge >= 0.3 is 0 Å². The SMILES string of the molecule is CC(N)(CNCC1CCCO1)c1ccccc1. The quantitative estimate of drug-likeness (QED) is 0.814. The van der Waals surface area contributed by atoms with Crippen molar-refractivity contribution in [2.45, 2.75) is 31.4 Å². The van der Waals surface area contributed by atoms with Crippen LogP contribution in [0, 0.1) is 0 Å².